The third-order valence-electron chi connectivity index (χ3n) is 4.21. The van der Waals surface area contributed by atoms with Crippen LogP contribution in [-0.4, -0.2) is 35.8 Å². The second-order valence-corrected chi connectivity index (χ2v) is 8.20. The molecule has 3 aromatic rings. The molecule has 0 saturated heterocycles. The number of nitrogens with zero attached hydrogens (tertiary/aromatic N) is 2. The highest BCUT2D eigenvalue weighted by Crippen LogP contribution is 2.18. The Labute approximate surface area is 184 Å². The number of hydrogen-bond donors (Lipinski definition) is 1. The molecule has 0 aliphatic carbocycles. The second kappa shape index (κ2) is 10.2. The molecule has 3 rings (SSSR count). The van der Waals surface area contributed by atoms with Crippen molar-refractivity contribution in [2.75, 3.05) is 14.1 Å². The van der Waals surface area contributed by atoms with Crippen LogP contribution in [0.5, 0.6) is 5.75 Å². The topological polar surface area (TPSA) is 71.5 Å². The number of rotatable bonds is 8. The highest BCUT2D eigenvalue weighted by Gasteiger charge is 2.10. The minimum atomic E-state index is -0.112. The number of halogens is 1. The van der Waals surface area contributed by atoms with Gasteiger partial charge in [-0.3, -0.25) is 9.59 Å². The standard InChI is InChI=1S/C22H22ClN3O3S/c1-26(2)22(28)16-5-3-15(4-6-16)12-24-20(27)11-18-14-30-21(25-18)13-29-19-9-7-17(23)8-10-19/h3-10,14H,11-13H2,1-2H3,(H,24,27). The van der Waals surface area contributed by atoms with E-state index in [0.717, 1.165) is 10.6 Å². The van der Waals surface area contributed by atoms with Gasteiger partial charge in [0.1, 0.15) is 17.4 Å². The molecule has 8 heteroatoms. The molecule has 0 unspecified atom stereocenters. The van der Waals surface area contributed by atoms with Crippen LogP contribution >= 0.6 is 22.9 Å². The maximum Gasteiger partial charge on any atom is 0.253 e. The number of aromatic nitrogens is 1. The van der Waals surface area contributed by atoms with Crippen molar-refractivity contribution in [1.82, 2.24) is 15.2 Å². The molecule has 1 N–H and O–H groups in total. The molecule has 2 aromatic carbocycles. The Hall–Kier alpha value is -2.90. The van der Waals surface area contributed by atoms with Crippen LogP contribution in [0, 0.1) is 0 Å². The first-order chi connectivity index (χ1) is 14.4. The normalized spacial score (nSPS) is 10.5. The fourth-order valence-corrected chi connectivity index (χ4v) is 3.45. The van der Waals surface area contributed by atoms with Gasteiger partial charge in [-0.2, -0.15) is 0 Å². The lowest BCUT2D eigenvalue weighted by atomic mass is 10.1. The van der Waals surface area contributed by atoms with Crippen LogP contribution in [0.25, 0.3) is 0 Å². The molecule has 0 bridgehead atoms. The first-order valence-electron chi connectivity index (χ1n) is 9.29. The van der Waals surface area contributed by atoms with Gasteiger partial charge in [0.05, 0.1) is 12.1 Å². The summed E-state index contributed by atoms with van der Waals surface area (Å²) in [7, 11) is 3.42. The number of thiazole rings is 1. The van der Waals surface area contributed by atoms with Crippen molar-refractivity contribution in [1.29, 1.82) is 0 Å². The van der Waals surface area contributed by atoms with Gasteiger partial charge in [0.15, 0.2) is 0 Å². The zero-order chi connectivity index (χ0) is 21.5. The monoisotopic (exact) mass is 443 g/mol. The molecule has 0 spiro atoms. The van der Waals surface area contributed by atoms with Crippen LogP contribution in [0.2, 0.25) is 5.02 Å². The summed E-state index contributed by atoms with van der Waals surface area (Å²) in [6.07, 6.45) is 0.203. The van der Waals surface area contributed by atoms with Crippen LogP contribution in [-0.2, 0) is 24.4 Å². The number of amides is 2. The first kappa shape index (κ1) is 21.8. The summed E-state index contributed by atoms with van der Waals surface area (Å²) in [4.78, 5) is 30.1. The summed E-state index contributed by atoms with van der Waals surface area (Å²) >= 11 is 7.31. The molecule has 156 valence electrons. The van der Waals surface area contributed by atoms with E-state index in [-0.39, 0.29) is 18.2 Å². The van der Waals surface area contributed by atoms with Gasteiger partial charge >= 0.3 is 0 Å². The fraction of sp³-hybridized carbons (Fsp3) is 0.227. The molecule has 30 heavy (non-hydrogen) atoms. The number of nitrogens with one attached hydrogen (secondary N) is 1. The van der Waals surface area contributed by atoms with Crippen molar-refractivity contribution < 1.29 is 14.3 Å². The zero-order valence-electron chi connectivity index (χ0n) is 16.7. The number of benzene rings is 2. The van der Waals surface area contributed by atoms with Crippen molar-refractivity contribution in [2.45, 2.75) is 19.6 Å². The molecule has 0 radical (unpaired) electrons. The lowest BCUT2D eigenvalue weighted by Gasteiger charge is -2.10. The van der Waals surface area contributed by atoms with E-state index in [2.05, 4.69) is 10.3 Å². The zero-order valence-corrected chi connectivity index (χ0v) is 18.3. The van der Waals surface area contributed by atoms with E-state index >= 15 is 0 Å². The lowest BCUT2D eigenvalue weighted by Crippen LogP contribution is -2.25. The summed E-state index contributed by atoms with van der Waals surface area (Å²) in [6.45, 7) is 0.734. The highest BCUT2D eigenvalue weighted by molar-refractivity contribution is 7.09. The molecule has 1 heterocycles. The van der Waals surface area contributed by atoms with Gasteiger partial charge in [-0.15, -0.1) is 11.3 Å². The molecule has 0 aliphatic heterocycles. The number of carbonyl (C=O) groups excluding carboxylic acids is 2. The largest absolute Gasteiger partial charge is 0.486 e. The fourth-order valence-electron chi connectivity index (χ4n) is 2.62. The van der Waals surface area contributed by atoms with Gasteiger partial charge in [0, 0.05) is 36.6 Å². The van der Waals surface area contributed by atoms with E-state index in [1.165, 1.54) is 16.2 Å². The molecule has 2 amide bonds. The third-order valence-corrected chi connectivity index (χ3v) is 5.34. The SMILES string of the molecule is CN(C)C(=O)c1ccc(CNC(=O)Cc2csc(COc3ccc(Cl)cc3)n2)cc1. The number of hydrogen-bond acceptors (Lipinski definition) is 5. The van der Waals surface area contributed by atoms with E-state index in [0.29, 0.717) is 35.2 Å². The van der Waals surface area contributed by atoms with Crippen molar-refractivity contribution in [3.8, 4) is 5.75 Å². The molecule has 1 aromatic heterocycles. The molecular weight excluding hydrogens is 422 g/mol. The predicted octanol–water partition coefficient (Wildman–Crippen LogP) is 3.94. The maximum absolute atomic E-state index is 12.2. The molecule has 0 atom stereocenters. The van der Waals surface area contributed by atoms with Crippen LogP contribution in [0.4, 0.5) is 0 Å². The number of carbonyl (C=O) groups is 2. The van der Waals surface area contributed by atoms with Gasteiger partial charge in [-0.05, 0) is 42.0 Å². The van der Waals surface area contributed by atoms with E-state index in [1.807, 2.05) is 17.5 Å². The molecule has 0 fully saturated rings. The van der Waals surface area contributed by atoms with Gasteiger partial charge in [0.25, 0.3) is 5.91 Å². The third kappa shape index (κ3) is 6.30. The summed E-state index contributed by atoms with van der Waals surface area (Å²) in [6, 6.07) is 14.3. The van der Waals surface area contributed by atoms with Crippen molar-refractivity contribution in [3.05, 3.63) is 80.8 Å². The van der Waals surface area contributed by atoms with Gasteiger partial charge in [-0.1, -0.05) is 23.7 Å². The van der Waals surface area contributed by atoms with Crippen molar-refractivity contribution in [2.24, 2.45) is 0 Å². The molecular formula is C22H22ClN3O3S. The highest BCUT2D eigenvalue weighted by atomic mass is 35.5. The van der Waals surface area contributed by atoms with Gasteiger partial charge < -0.3 is 15.0 Å². The van der Waals surface area contributed by atoms with Crippen molar-refractivity contribution in [3.63, 3.8) is 0 Å². The quantitative estimate of drug-likeness (QED) is 0.572. The summed E-state index contributed by atoms with van der Waals surface area (Å²) < 4.78 is 5.67. The van der Waals surface area contributed by atoms with E-state index in [1.54, 1.807) is 50.5 Å². The summed E-state index contributed by atoms with van der Waals surface area (Å²) in [5.41, 5.74) is 2.25. The van der Waals surface area contributed by atoms with Crippen LogP contribution in [0.1, 0.15) is 26.6 Å². The Kier molecular flexibility index (Phi) is 7.43. The Bertz CT molecular complexity index is 1000. The van der Waals surface area contributed by atoms with Crippen molar-refractivity contribution >= 4 is 34.8 Å². The maximum atomic E-state index is 12.2. The minimum Gasteiger partial charge on any atom is -0.486 e. The minimum absolute atomic E-state index is 0.0510. The number of ether oxygens (including phenoxy) is 1. The Morgan fingerprint density at radius 2 is 1.80 bits per heavy atom. The van der Waals surface area contributed by atoms with E-state index in [9.17, 15) is 9.59 Å². The summed E-state index contributed by atoms with van der Waals surface area (Å²) in [5.74, 6) is 0.552. The molecule has 0 saturated carbocycles. The lowest BCUT2D eigenvalue weighted by molar-refractivity contribution is -0.120. The average Bonchev–Trinajstić information content (AvgIpc) is 3.19. The Morgan fingerprint density at radius 1 is 1.10 bits per heavy atom. The predicted molar refractivity (Wildman–Crippen MR) is 118 cm³/mol. The summed E-state index contributed by atoms with van der Waals surface area (Å²) in [5, 5.41) is 6.20. The van der Waals surface area contributed by atoms with Gasteiger partial charge in [0.2, 0.25) is 5.91 Å². The van der Waals surface area contributed by atoms with Crippen LogP contribution in [0.15, 0.2) is 53.9 Å². The second-order valence-electron chi connectivity index (χ2n) is 6.83. The van der Waals surface area contributed by atoms with Crippen LogP contribution < -0.4 is 10.1 Å². The molecule has 6 nitrogen and oxygen atoms in total. The molecule has 0 aliphatic rings. The van der Waals surface area contributed by atoms with E-state index < -0.39 is 0 Å². The first-order valence-corrected chi connectivity index (χ1v) is 10.6. The van der Waals surface area contributed by atoms with Gasteiger partial charge in [-0.25, -0.2) is 4.98 Å². The Morgan fingerprint density at radius 3 is 2.47 bits per heavy atom. The van der Waals surface area contributed by atoms with Crippen LogP contribution in [0.3, 0.4) is 0 Å². The average molecular weight is 444 g/mol. The Balaban J connectivity index is 1.45. The van der Waals surface area contributed by atoms with E-state index in [4.69, 9.17) is 16.3 Å². The smallest absolute Gasteiger partial charge is 0.253 e.